The maximum Gasteiger partial charge on any atom is 0.417 e. The number of halogens is 4. The molecule has 1 fully saturated rings. The number of alkyl halides is 3. The number of hydrogen-bond donors (Lipinski definition) is 1. The van der Waals surface area contributed by atoms with Crippen molar-refractivity contribution in [2.75, 3.05) is 18.0 Å². The Labute approximate surface area is 153 Å². The molecular weight excluding hydrogens is 391 g/mol. The lowest BCUT2D eigenvalue weighted by Crippen LogP contribution is -2.37. The minimum absolute atomic E-state index is 0.0658. The van der Waals surface area contributed by atoms with Crippen molar-refractivity contribution in [1.29, 1.82) is 0 Å². The standard InChI is InChI=1S/C16H15ClF3N3O2S/c17-12-2-1-3-14(8-12)26(24,25)22-13-6-7-23(10-13)15-5-4-11(9-21-15)16(18,19)20/h1-5,8-9,13,22H,6-7,10H2. The summed E-state index contributed by atoms with van der Waals surface area (Å²) in [4.78, 5) is 5.65. The number of nitrogens with zero attached hydrogens (tertiary/aromatic N) is 2. The van der Waals surface area contributed by atoms with Crippen LogP contribution in [0, 0.1) is 0 Å². The zero-order valence-electron chi connectivity index (χ0n) is 13.4. The van der Waals surface area contributed by atoms with Gasteiger partial charge in [0.15, 0.2) is 0 Å². The fourth-order valence-electron chi connectivity index (χ4n) is 2.73. The van der Waals surface area contributed by atoms with Crippen molar-refractivity contribution in [2.24, 2.45) is 0 Å². The Morgan fingerprint density at radius 3 is 2.62 bits per heavy atom. The zero-order chi connectivity index (χ0) is 18.9. The summed E-state index contributed by atoms with van der Waals surface area (Å²) >= 11 is 5.83. The van der Waals surface area contributed by atoms with Crippen LogP contribution in [0.25, 0.3) is 0 Å². The van der Waals surface area contributed by atoms with Crippen molar-refractivity contribution in [1.82, 2.24) is 9.71 Å². The van der Waals surface area contributed by atoms with E-state index in [1.54, 1.807) is 17.0 Å². The van der Waals surface area contributed by atoms with E-state index in [4.69, 9.17) is 11.6 Å². The second-order valence-corrected chi connectivity index (χ2v) is 8.06. The van der Waals surface area contributed by atoms with Gasteiger partial charge in [0.25, 0.3) is 0 Å². The first-order valence-electron chi connectivity index (χ1n) is 7.71. The lowest BCUT2D eigenvalue weighted by atomic mass is 10.3. The molecule has 2 heterocycles. The molecule has 1 N–H and O–H groups in total. The number of nitrogens with one attached hydrogen (secondary N) is 1. The third-order valence-corrected chi connectivity index (χ3v) is 5.77. The molecule has 140 valence electrons. The van der Waals surface area contributed by atoms with Gasteiger partial charge in [0, 0.05) is 30.4 Å². The monoisotopic (exact) mass is 405 g/mol. The van der Waals surface area contributed by atoms with Gasteiger partial charge in [-0.2, -0.15) is 13.2 Å². The summed E-state index contributed by atoms with van der Waals surface area (Å²) in [6, 6.07) is 7.80. The topological polar surface area (TPSA) is 62.3 Å². The van der Waals surface area contributed by atoms with Crippen LogP contribution < -0.4 is 9.62 Å². The van der Waals surface area contributed by atoms with Gasteiger partial charge in [0.2, 0.25) is 10.0 Å². The van der Waals surface area contributed by atoms with Crippen LogP contribution in [0.1, 0.15) is 12.0 Å². The number of sulfonamides is 1. The van der Waals surface area contributed by atoms with Gasteiger partial charge < -0.3 is 4.90 Å². The van der Waals surface area contributed by atoms with Crippen LogP contribution >= 0.6 is 11.6 Å². The summed E-state index contributed by atoms with van der Waals surface area (Å²) in [6.45, 7) is 0.805. The van der Waals surface area contributed by atoms with Crippen molar-refractivity contribution in [3.8, 4) is 0 Å². The molecule has 0 amide bonds. The summed E-state index contributed by atoms with van der Waals surface area (Å²) in [7, 11) is -3.73. The van der Waals surface area contributed by atoms with Gasteiger partial charge in [-0.25, -0.2) is 18.1 Å². The molecular formula is C16H15ClF3N3O2S. The van der Waals surface area contributed by atoms with Gasteiger partial charge in [-0.05, 0) is 36.8 Å². The molecule has 0 bridgehead atoms. The molecule has 1 atom stereocenters. The first kappa shape index (κ1) is 18.9. The Morgan fingerprint density at radius 2 is 2.00 bits per heavy atom. The van der Waals surface area contributed by atoms with Gasteiger partial charge in [0.05, 0.1) is 10.5 Å². The summed E-state index contributed by atoms with van der Waals surface area (Å²) in [5.74, 6) is 0.377. The van der Waals surface area contributed by atoms with Gasteiger partial charge in [-0.1, -0.05) is 17.7 Å². The van der Waals surface area contributed by atoms with Crippen molar-refractivity contribution in [2.45, 2.75) is 23.5 Å². The van der Waals surface area contributed by atoms with E-state index in [-0.39, 0.29) is 10.9 Å². The molecule has 0 radical (unpaired) electrons. The molecule has 10 heteroatoms. The molecule has 1 aromatic carbocycles. The van der Waals surface area contributed by atoms with E-state index in [0.29, 0.717) is 30.4 Å². The highest BCUT2D eigenvalue weighted by molar-refractivity contribution is 7.89. The first-order valence-corrected chi connectivity index (χ1v) is 9.57. The minimum Gasteiger partial charge on any atom is -0.355 e. The highest BCUT2D eigenvalue weighted by atomic mass is 35.5. The van der Waals surface area contributed by atoms with Gasteiger partial charge >= 0.3 is 6.18 Å². The fourth-order valence-corrected chi connectivity index (χ4v) is 4.29. The smallest absolute Gasteiger partial charge is 0.355 e. The number of benzene rings is 1. The normalized spacial score (nSPS) is 18.3. The minimum atomic E-state index is -4.44. The fraction of sp³-hybridized carbons (Fsp3) is 0.312. The summed E-state index contributed by atoms with van der Waals surface area (Å²) < 4.78 is 65.2. The predicted molar refractivity (Wildman–Crippen MR) is 91.6 cm³/mol. The Morgan fingerprint density at radius 1 is 1.23 bits per heavy atom. The lowest BCUT2D eigenvalue weighted by Gasteiger charge is -2.18. The van der Waals surface area contributed by atoms with Gasteiger partial charge in [-0.15, -0.1) is 0 Å². The molecule has 5 nitrogen and oxygen atoms in total. The number of aromatic nitrogens is 1. The van der Waals surface area contributed by atoms with E-state index in [9.17, 15) is 21.6 Å². The van der Waals surface area contributed by atoms with Crippen LogP contribution in [-0.2, 0) is 16.2 Å². The molecule has 0 spiro atoms. The summed E-state index contributed by atoms with van der Waals surface area (Å²) in [5.41, 5.74) is -0.821. The average Bonchev–Trinajstić information content (AvgIpc) is 3.02. The Balaban J connectivity index is 1.67. The van der Waals surface area contributed by atoms with E-state index < -0.39 is 21.8 Å². The quantitative estimate of drug-likeness (QED) is 0.847. The number of pyridine rings is 1. The Hall–Kier alpha value is -1.84. The first-order chi connectivity index (χ1) is 12.1. The largest absolute Gasteiger partial charge is 0.417 e. The molecule has 3 rings (SSSR count). The highest BCUT2D eigenvalue weighted by Gasteiger charge is 2.32. The second-order valence-electron chi connectivity index (χ2n) is 5.91. The molecule has 1 aliphatic heterocycles. The zero-order valence-corrected chi connectivity index (χ0v) is 14.9. The number of anilines is 1. The predicted octanol–water partition coefficient (Wildman–Crippen LogP) is 3.31. The van der Waals surface area contributed by atoms with Crippen LogP contribution in [0.4, 0.5) is 19.0 Å². The number of hydrogen-bond acceptors (Lipinski definition) is 4. The Kier molecular flexibility index (Phi) is 5.14. The highest BCUT2D eigenvalue weighted by Crippen LogP contribution is 2.30. The SMILES string of the molecule is O=S(=O)(NC1CCN(c2ccc(C(F)(F)F)cn2)C1)c1cccc(Cl)c1. The maximum absolute atomic E-state index is 12.6. The van der Waals surface area contributed by atoms with Crippen molar-refractivity contribution in [3.05, 3.63) is 53.2 Å². The van der Waals surface area contributed by atoms with Crippen molar-refractivity contribution in [3.63, 3.8) is 0 Å². The van der Waals surface area contributed by atoms with Gasteiger partial charge in [0.1, 0.15) is 5.82 Å². The van der Waals surface area contributed by atoms with E-state index in [1.807, 2.05) is 0 Å². The van der Waals surface area contributed by atoms with Crippen LogP contribution in [0.3, 0.4) is 0 Å². The molecule has 0 aliphatic carbocycles. The molecule has 1 saturated heterocycles. The maximum atomic E-state index is 12.6. The summed E-state index contributed by atoms with van der Waals surface area (Å²) in [6.07, 6.45) is -3.15. The van der Waals surface area contributed by atoms with Crippen LogP contribution in [0.15, 0.2) is 47.5 Å². The summed E-state index contributed by atoms with van der Waals surface area (Å²) in [5, 5.41) is 0.315. The van der Waals surface area contributed by atoms with E-state index in [0.717, 1.165) is 12.3 Å². The van der Waals surface area contributed by atoms with Crippen molar-refractivity contribution >= 4 is 27.4 Å². The van der Waals surface area contributed by atoms with Crippen LogP contribution in [-0.4, -0.2) is 32.5 Å². The molecule has 1 aromatic heterocycles. The van der Waals surface area contributed by atoms with Crippen LogP contribution in [0.2, 0.25) is 5.02 Å². The molecule has 1 aliphatic rings. The lowest BCUT2D eigenvalue weighted by molar-refractivity contribution is -0.137. The van der Waals surface area contributed by atoms with E-state index >= 15 is 0 Å². The molecule has 0 saturated carbocycles. The molecule has 1 unspecified atom stereocenters. The van der Waals surface area contributed by atoms with Crippen LogP contribution in [0.5, 0.6) is 0 Å². The van der Waals surface area contributed by atoms with Crippen molar-refractivity contribution < 1.29 is 21.6 Å². The van der Waals surface area contributed by atoms with Gasteiger partial charge in [-0.3, -0.25) is 0 Å². The molecule has 2 aromatic rings. The average molecular weight is 406 g/mol. The third-order valence-electron chi connectivity index (χ3n) is 4.02. The van der Waals surface area contributed by atoms with E-state index in [2.05, 4.69) is 9.71 Å². The second kappa shape index (κ2) is 7.05. The van der Waals surface area contributed by atoms with E-state index in [1.165, 1.54) is 18.2 Å². The Bertz CT molecular complexity index is 888. The number of rotatable bonds is 4. The third kappa shape index (κ3) is 4.28. The molecule has 26 heavy (non-hydrogen) atoms.